The van der Waals surface area contributed by atoms with Gasteiger partial charge in [0.2, 0.25) is 0 Å². The summed E-state index contributed by atoms with van der Waals surface area (Å²) in [5.41, 5.74) is 1.29. The van der Waals surface area contributed by atoms with Gasteiger partial charge in [0.15, 0.2) is 5.78 Å². The monoisotopic (exact) mass is 151 g/mol. The molecule has 0 aromatic heterocycles. The van der Waals surface area contributed by atoms with E-state index in [1.165, 1.54) is 6.92 Å². The number of carbonyl (C=O) groups excluding carboxylic acids is 1. The third-order valence-electron chi connectivity index (χ3n) is 1.01. The molecule has 0 radical (unpaired) electrons. The Morgan fingerprint density at radius 1 is 1.45 bits per heavy atom. The minimum atomic E-state index is -0.0360. The number of allylic oxidation sites excluding steroid dienone is 3. The highest BCUT2D eigenvalue weighted by molar-refractivity contribution is 5.94. The summed E-state index contributed by atoms with van der Waals surface area (Å²) in [5, 5.41) is 0. The molecule has 0 unspecified atom stereocenters. The highest BCUT2D eigenvalue weighted by atomic mass is 16.1. The van der Waals surface area contributed by atoms with E-state index in [-0.39, 0.29) is 5.78 Å². The second kappa shape index (κ2) is 4.61. The lowest BCUT2D eigenvalue weighted by atomic mass is 10.2. The minimum absolute atomic E-state index is 0.0360. The van der Waals surface area contributed by atoms with Crippen LogP contribution in [0.3, 0.4) is 0 Å². The van der Waals surface area contributed by atoms with Crippen molar-refractivity contribution in [2.24, 2.45) is 4.99 Å². The number of aliphatic imine (C=N–C) groups is 1. The molecule has 0 heterocycles. The SMILES string of the molecule is C=C(C)/C=C(\N=C/C)C(C)=O. The van der Waals surface area contributed by atoms with E-state index in [9.17, 15) is 4.79 Å². The normalized spacial score (nSPS) is 12.1. The molecule has 0 spiro atoms. The van der Waals surface area contributed by atoms with Crippen molar-refractivity contribution in [3.05, 3.63) is 23.9 Å². The largest absolute Gasteiger partial charge is 0.293 e. The van der Waals surface area contributed by atoms with Crippen molar-refractivity contribution >= 4 is 12.0 Å². The fraction of sp³-hybridized carbons (Fsp3) is 0.333. The Kier molecular flexibility index (Phi) is 4.11. The summed E-state index contributed by atoms with van der Waals surface area (Å²) in [5.74, 6) is -0.0360. The van der Waals surface area contributed by atoms with Crippen LogP contribution in [0, 0.1) is 0 Å². The molecular weight excluding hydrogens is 138 g/mol. The van der Waals surface area contributed by atoms with Crippen LogP contribution in [0.4, 0.5) is 0 Å². The van der Waals surface area contributed by atoms with E-state index in [1.807, 2.05) is 6.92 Å². The summed E-state index contributed by atoms with van der Waals surface area (Å²) in [6, 6.07) is 0. The summed E-state index contributed by atoms with van der Waals surface area (Å²) in [6.07, 6.45) is 3.26. The maximum atomic E-state index is 10.8. The summed E-state index contributed by atoms with van der Waals surface area (Å²) in [6.45, 7) is 8.75. The van der Waals surface area contributed by atoms with E-state index in [1.54, 1.807) is 19.2 Å². The molecule has 0 N–H and O–H groups in total. The van der Waals surface area contributed by atoms with E-state index >= 15 is 0 Å². The molecule has 2 nitrogen and oxygen atoms in total. The third-order valence-corrected chi connectivity index (χ3v) is 1.01. The van der Waals surface area contributed by atoms with Gasteiger partial charge in [0, 0.05) is 13.1 Å². The first-order valence-electron chi connectivity index (χ1n) is 3.44. The lowest BCUT2D eigenvalue weighted by Crippen LogP contribution is -1.93. The number of nitrogens with zero attached hydrogens (tertiary/aromatic N) is 1. The molecule has 0 amide bonds. The predicted octanol–water partition coefficient (Wildman–Crippen LogP) is 2.13. The van der Waals surface area contributed by atoms with Crippen LogP contribution in [0.1, 0.15) is 20.8 Å². The number of hydrogen-bond donors (Lipinski definition) is 0. The zero-order valence-corrected chi connectivity index (χ0v) is 7.22. The molecule has 0 aromatic carbocycles. The molecule has 0 aliphatic heterocycles. The highest BCUT2D eigenvalue weighted by Crippen LogP contribution is 2.02. The van der Waals surface area contributed by atoms with Crippen LogP contribution in [-0.2, 0) is 4.79 Å². The smallest absolute Gasteiger partial charge is 0.178 e. The Morgan fingerprint density at radius 3 is 2.27 bits per heavy atom. The lowest BCUT2D eigenvalue weighted by molar-refractivity contribution is -0.113. The van der Waals surface area contributed by atoms with Gasteiger partial charge >= 0.3 is 0 Å². The fourth-order valence-corrected chi connectivity index (χ4v) is 0.602. The van der Waals surface area contributed by atoms with Crippen molar-refractivity contribution in [3.63, 3.8) is 0 Å². The van der Waals surface area contributed by atoms with Crippen LogP contribution in [-0.4, -0.2) is 12.0 Å². The van der Waals surface area contributed by atoms with Gasteiger partial charge in [-0.05, 0) is 19.9 Å². The van der Waals surface area contributed by atoms with Crippen molar-refractivity contribution in [1.82, 2.24) is 0 Å². The maximum Gasteiger partial charge on any atom is 0.178 e. The lowest BCUT2D eigenvalue weighted by Gasteiger charge is -1.93. The molecule has 60 valence electrons. The van der Waals surface area contributed by atoms with Crippen molar-refractivity contribution in [2.45, 2.75) is 20.8 Å². The van der Waals surface area contributed by atoms with Gasteiger partial charge in [-0.25, -0.2) is 0 Å². The minimum Gasteiger partial charge on any atom is -0.293 e. The van der Waals surface area contributed by atoms with Crippen molar-refractivity contribution in [1.29, 1.82) is 0 Å². The van der Waals surface area contributed by atoms with Gasteiger partial charge in [0.05, 0.1) is 0 Å². The van der Waals surface area contributed by atoms with Gasteiger partial charge in [-0.1, -0.05) is 12.2 Å². The molecule has 0 bridgehead atoms. The van der Waals surface area contributed by atoms with Crippen LogP contribution in [0.2, 0.25) is 0 Å². The summed E-state index contributed by atoms with van der Waals surface area (Å²) in [7, 11) is 0. The molecular formula is C9H13NO. The van der Waals surface area contributed by atoms with Gasteiger partial charge in [-0.15, -0.1) is 0 Å². The van der Waals surface area contributed by atoms with Crippen molar-refractivity contribution in [2.75, 3.05) is 0 Å². The zero-order chi connectivity index (χ0) is 8.85. The van der Waals surface area contributed by atoms with Gasteiger partial charge < -0.3 is 0 Å². The second-order valence-corrected chi connectivity index (χ2v) is 2.32. The van der Waals surface area contributed by atoms with Gasteiger partial charge in [-0.2, -0.15) is 0 Å². The van der Waals surface area contributed by atoms with Crippen LogP contribution < -0.4 is 0 Å². The molecule has 0 aromatic rings. The fourth-order valence-electron chi connectivity index (χ4n) is 0.602. The second-order valence-electron chi connectivity index (χ2n) is 2.32. The molecule has 0 rings (SSSR count). The van der Waals surface area contributed by atoms with Crippen LogP contribution in [0.25, 0.3) is 0 Å². The van der Waals surface area contributed by atoms with Gasteiger partial charge in [0.25, 0.3) is 0 Å². The topological polar surface area (TPSA) is 29.4 Å². The number of hydrogen-bond acceptors (Lipinski definition) is 2. The first kappa shape index (κ1) is 9.82. The van der Waals surface area contributed by atoms with Crippen LogP contribution >= 0.6 is 0 Å². The van der Waals surface area contributed by atoms with E-state index in [2.05, 4.69) is 11.6 Å². The average Bonchev–Trinajstić information content (AvgIpc) is 1.86. The Hall–Kier alpha value is -1.18. The van der Waals surface area contributed by atoms with E-state index < -0.39 is 0 Å². The summed E-state index contributed by atoms with van der Waals surface area (Å²) in [4.78, 5) is 14.7. The first-order chi connectivity index (χ1) is 5.07. The Balaban J connectivity index is 4.59. The van der Waals surface area contributed by atoms with E-state index in [0.29, 0.717) is 5.70 Å². The van der Waals surface area contributed by atoms with Crippen LogP contribution in [0.5, 0.6) is 0 Å². The Labute approximate surface area is 67.3 Å². The predicted molar refractivity (Wildman–Crippen MR) is 47.7 cm³/mol. The molecule has 0 saturated carbocycles. The maximum absolute atomic E-state index is 10.8. The van der Waals surface area contributed by atoms with E-state index in [4.69, 9.17) is 0 Å². The summed E-state index contributed by atoms with van der Waals surface area (Å²) < 4.78 is 0. The first-order valence-corrected chi connectivity index (χ1v) is 3.44. The molecule has 2 heteroatoms. The van der Waals surface area contributed by atoms with Crippen LogP contribution in [0.15, 0.2) is 28.9 Å². The Morgan fingerprint density at radius 2 is 2.00 bits per heavy atom. The molecule has 0 atom stereocenters. The molecule has 0 aliphatic carbocycles. The van der Waals surface area contributed by atoms with E-state index in [0.717, 1.165) is 5.57 Å². The van der Waals surface area contributed by atoms with Gasteiger partial charge in [0.1, 0.15) is 5.70 Å². The average molecular weight is 151 g/mol. The highest BCUT2D eigenvalue weighted by Gasteiger charge is 1.98. The quantitative estimate of drug-likeness (QED) is 0.345. The standard InChI is InChI=1S/C9H13NO/c1-5-10-9(8(4)11)6-7(2)3/h5-6H,2H2,1,3-4H3/b9-6-,10-5-. The number of ketones is 1. The zero-order valence-electron chi connectivity index (χ0n) is 7.22. The molecule has 0 saturated heterocycles. The number of rotatable bonds is 3. The molecule has 0 fully saturated rings. The number of Topliss-reactive ketones (excluding diaryl/α,β-unsaturated/α-hetero) is 1. The summed E-state index contributed by atoms with van der Waals surface area (Å²) >= 11 is 0. The third kappa shape index (κ3) is 4.25. The van der Waals surface area contributed by atoms with Crippen molar-refractivity contribution in [3.8, 4) is 0 Å². The van der Waals surface area contributed by atoms with Crippen molar-refractivity contribution < 1.29 is 4.79 Å². The van der Waals surface area contributed by atoms with Gasteiger partial charge in [-0.3, -0.25) is 9.79 Å². The Bertz CT molecular complexity index is 224. The number of carbonyl (C=O) groups is 1. The molecule has 11 heavy (non-hydrogen) atoms. The molecule has 0 aliphatic rings.